The highest BCUT2D eigenvalue weighted by atomic mass is 14.5. The summed E-state index contributed by atoms with van der Waals surface area (Å²) in [6.45, 7) is 30.0. The molecular weight excluding hydrogens is 581 g/mol. The molecule has 0 aromatic heterocycles. The molecule has 48 heavy (non-hydrogen) atoms. The van der Waals surface area contributed by atoms with E-state index in [0.29, 0.717) is 17.8 Å². The van der Waals surface area contributed by atoms with Crippen molar-refractivity contribution in [2.75, 3.05) is 6.54 Å². The number of rotatable bonds is 15. The maximum absolute atomic E-state index is 8.41. The first kappa shape index (κ1) is 46.7. The molecule has 0 aliphatic heterocycles. The molecule has 0 aliphatic rings. The Bertz CT molecular complexity index is 1250. The van der Waals surface area contributed by atoms with Crippen molar-refractivity contribution in [3.05, 3.63) is 114 Å². The maximum Gasteiger partial charge on any atom is 0.0655 e. The van der Waals surface area contributed by atoms with Gasteiger partial charge in [0.15, 0.2) is 0 Å². The van der Waals surface area contributed by atoms with E-state index in [-0.39, 0.29) is 0 Å². The van der Waals surface area contributed by atoms with Crippen LogP contribution in [-0.2, 0) is 0 Å². The third-order valence-electron chi connectivity index (χ3n) is 8.23. The molecule has 0 heterocycles. The Kier molecular flexibility index (Phi) is 30.1. The number of hydrogen-bond acceptors (Lipinski definition) is 2. The molecule has 0 saturated carbocycles. The van der Waals surface area contributed by atoms with Crippen molar-refractivity contribution in [1.82, 2.24) is 0 Å². The molecule has 3 rings (SSSR count). The lowest BCUT2D eigenvalue weighted by Crippen LogP contribution is -2.10. The van der Waals surface area contributed by atoms with Gasteiger partial charge in [-0.25, -0.2) is 0 Å². The van der Waals surface area contributed by atoms with E-state index in [4.69, 9.17) is 11.0 Å². The Labute approximate surface area is 298 Å². The lowest BCUT2D eigenvalue weighted by Gasteiger charge is -2.18. The Morgan fingerprint density at radius 2 is 1.46 bits per heavy atom. The van der Waals surface area contributed by atoms with E-state index in [0.717, 1.165) is 45.1 Å². The van der Waals surface area contributed by atoms with Gasteiger partial charge in [0, 0.05) is 5.92 Å². The van der Waals surface area contributed by atoms with Gasteiger partial charge >= 0.3 is 0 Å². The lowest BCUT2D eigenvalue weighted by atomic mass is 9.86. The Morgan fingerprint density at radius 1 is 0.833 bits per heavy atom. The third kappa shape index (κ3) is 20.1. The van der Waals surface area contributed by atoms with Crippen molar-refractivity contribution in [2.45, 2.75) is 133 Å². The van der Waals surface area contributed by atoms with E-state index in [2.05, 4.69) is 121 Å². The summed E-state index contributed by atoms with van der Waals surface area (Å²) in [5.74, 6) is 1.47. The van der Waals surface area contributed by atoms with Crippen LogP contribution in [0.25, 0.3) is 16.7 Å². The first-order chi connectivity index (χ1) is 23.2. The minimum atomic E-state index is 0.306. The zero-order valence-electron chi connectivity index (χ0n) is 32.7. The van der Waals surface area contributed by atoms with E-state index in [1.54, 1.807) is 0 Å². The van der Waals surface area contributed by atoms with Gasteiger partial charge in [0.05, 0.1) is 6.07 Å². The minimum Gasteiger partial charge on any atom is -0.330 e. The van der Waals surface area contributed by atoms with Gasteiger partial charge in [-0.15, -0.1) is 6.58 Å². The van der Waals surface area contributed by atoms with E-state index in [1.165, 1.54) is 58.2 Å². The summed E-state index contributed by atoms with van der Waals surface area (Å²) >= 11 is 0. The second-order valence-corrected chi connectivity index (χ2v) is 12.2. The smallest absolute Gasteiger partial charge is 0.0655 e. The summed E-state index contributed by atoms with van der Waals surface area (Å²) < 4.78 is 0. The molecule has 0 fully saturated rings. The maximum atomic E-state index is 8.41. The molecule has 0 saturated heterocycles. The van der Waals surface area contributed by atoms with Gasteiger partial charge in [-0.05, 0) is 117 Å². The zero-order valence-corrected chi connectivity index (χ0v) is 32.7. The highest BCUT2D eigenvalue weighted by Crippen LogP contribution is 2.32. The summed E-state index contributed by atoms with van der Waals surface area (Å²) in [7, 11) is 0. The lowest BCUT2D eigenvalue weighted by molar-refractivity contribution is 0.526. The van der Waals surface area contributed by atoms with Crippen molar-refractivity contribution in [3.8, 4) is 17.2 Å². The van der Waals surface area contributed by atoms with Gasteiger partial charge in [-0.2, -0.15) is 5.26 Å². The molecule has 0 amide bonds. The van der Waals surface area contributed by atoms with Gasteiger partial charge in [0.1, 0.15) is 0 Å². The van der Waals surface area contributed by atoms with Gasteiger partial charge in [0.2, 0.25) is 0 Å². The second-order valence-electron chi connectivity index (χ2n) is 12.2. The normalized spacial score (nSPS) is 11.5. The summed E-state index contributed by atoms with van der Waals surface area (Å²) in [6, 6.07) is 28.3. The fraction of sp³-hybridized carbons (Fsp3) is 0.500. The van der Waals surface area contributed by atoms with Crippen LogP contribution in [0.5, 0.6) is 0 Å². The van der Waals surface area contributed by atoms with Crippen molar-refractivity contribution in [2.24, 2.45) is 17.6 Å². The number of benzene rings is 3. The van der Waals surface area contributed by atoms with E-state index in [9.17, 15) is 0 Å². The SMILES string of the molecule is C=CCC(CCC)c1ccc(-c2cccc(C(=C)CCCC(C)CN)c2)cc1C.CC.CC.CCCC(C#N)CC.Cc1ccccc1. The van der Waals surface area contributed by atoms with Crippen LogP contribution in [0.3, 0.4) is 0 Å². The second kappa shape index (κ2) is 30.9. The van der Waals surface area contributed by atoms with Crippen LogP contribution in [0.1, 0.15) is 141 Å². The number of allylic oxidation sites excluding steroid dienone is 2. The fourth-order valence-electron chi connectivity index (χ4n) is 5.35. The number of nitriles is 1. The first-order valence-electron chi connectivity index (χ1n) is 18.9. The monoisotopic (exact) mass is 653 g/mol. The molecule has 0 radical (unpaired) electrons. The average Bonchev–Trinajstić information content (AvgIpc) is 3.13. The molecule has 2 N–H and O–H groups in total. The predicted molar refractivity (Wildman–Crippen MR) is 218 cm³/mol. The van der Waals surface area contributed by atoms with E-state index < -0.39 is 0 Å². The van der Waals surface area contributed by atoms with E-state index in [1.807, 2.05) is 45.9 Å². The summed E-state index contributed by atoms with van der Waals surface area (Å²) in [5.41, 5.74) is 14.9. The van der Waals surface area contributed by atoms with Crippen LogP contribution < -0.4 is 5.73 Å². The van der Waals surface area contributed by atoms with Crippen LogP contribution in [0.15, 0.2) is 92.0 Å². The highest BCUT2D eigenvalue weighted by Gasteiger charge is 2.13. The average molecular weight is 653 g/mol. The van der Waals surface area contributed by atoms with Crippen molar-refractivity contribution >= 4 is 5.57 Å². The first-order valence-corrected chi connectivity index (χ1v) is 18.9. The van der Waals surface area contributed by atoms with Crippen molar-refractivity contribution in [1.29, 1.82) is 5.26 Å². The fourth-order valence-corrected chi connectivity index (χ4v) is 5.35. The molecule has 3 atom stereocenters. The summed E-state index contributed by atoms with van der Waals surface area (Å²) in [5, 5.41) is 8.41. The Morgan fingerprint density at radius 3 is 1.92 bits per heavy atom. The molecule has 0 spiro atoms. The molecule has 2 nitrogen and oxygen atoms in total. The largest absolute Gasteiger partial charge is 0.330 e. The topological polar surface area (TPSA) is 49.8 Å². The van der Waals surface area contributed by atoms with Gasteiger partial charge in [-0.3, -0.25) is 0 Å². The molecule has 3 unspecified atom stereocenters. The summed E-state index contributed by atoms with van der Waals surface area (Å²) in [6.07, 6.45) is 12.1. The van der Waals surface area contributed by atoms with Crippen LogP contribution in [0.2, 0.25) is 0 Å². The van der Waals surface area contributed by atoms with Gasteiger partial charge in [0.25, 0.3) is 0 Å². The van der Waals surface area contributed by atoms with E-state index >= 15 is 0 Å². The Balaban J connectivity index is 0. The molecule has 3 aromatic rings. The predicted octanol–water partition coefficient (Wildman–Crippen LogP) is 14.3. The summed E-state index contributed by atoms with van der Waals surface area (Å²) in [4.78, 5) is 0. The molecule has 3 aromatic carbocycles. The van der Waals surface area contributed by atoms with Crippen LogP contribution in [0, 0.1) is 37.0 Å². The number of hydrogen-bond donors (Lipinski definition) is 1. The number of nitrogens with two attached hydrogens (primary N) is 1. The quantitative estimate of drug-likeness (QED) is 0.166. The molecule has 0 aliphatic carbocycles. The zero-order chi connectivity index (χ0) is 36.7. The molecular formula is C46H72N2. The van der Waals surface area contributed by atoms with Crippen LogP contribution in [-0.4, -0.2) is 6.54 Å². The Hall–Kier alpha value is -3.41. The van der Waals surface area contributed by atoms with Crippen LogP contribution >= 0.6 is 0 Å². The van der Waals surface area contributed by atoms with Gasteiger partial charge in [-0.1, -0.05) is 153 Å². The van der Waals surface area contributed by atoms with Crippen LogP contribution in [0.4, 0.5) is 0 Å². The third-order valence-corrected chi connectivity index (χ3v) is 8.23. The van der Waals surface area contributed by atoms with Gasteiger partial charge < -0.3 is 5.73 Å². The number of aryl methyl sites for hydroxylation is 2. The van der Waals surface area contributed by atoms with Crippen molar-refractivity contribution < 1.29 is 0 Å². The minimum absolute atomic E-state index is 0.306. The molecule has 266 valence electrons. The number of nitrogens with zero attached hydrogens (tertiary/aromatic N) is 1. The molecule has 0 bridgehead atoms. The highest BCUT2D eigenvalue weighted by molar-refractivity contribution is 5.72. The van der Waals surface area contributed by atoms with Crippen molar-refractivity contribution in [3.63, 3.8) is 0 Å². The standard InChI is InChI=1S/C28H39N.C7H13N.C7H8.2C2H6/c1-6-10-24(11-7-2)28-17-16-27(18-23(28)5)26-15-9-14-25(19-26)22(4)13-8-12-21(3)20-29;1-3-5-7(4-2)6-8;1-7-5-3-2-4-6-7;2*1-2/h6,9,14-19,21,24H,1,4,7-8,10-13,20,29H2,2-3,5H3;7H,3-5H2,1-2H3;2-6H,1H3;2*1-2H3. The molecule has 2 heteroatoms.